The third-order valence-electron chi connectivity index (χ3n) is 5.05. The van der Waals surface area contributed by atoms with Gasteiger partial charge in [0.05, 0.1) is 13.2 Å². The zero-order chi connectivity index (χ0) is 20.3. The molecule has 2 aromatic rings. The summed E-state index contributed by atoms with van der Waals surface area (Å²) in [6, 6.07) is 12.2. The zero-order valence-electron chi connectivity index (χ0n) is 17.1. The number of nitrogens with two attached hydrogens (primary N) is 1. The lowest BCUT2D eigenvalue weighted by Crippen LogP contribution is -2.25. The first-order valence-electron chi connectivity index (χ1n) is 9.84. The van der Waals surface area contributed by atoms with Crippen LogP contribution >= 0.6 is 0 Å². The molecule has 0 fully saturated rings. The summed E-state index contributed by atoms with van der Waals surface area (Å²) >= 11 is 0. The number of carbonyl (C=O) groups is 1. The van der Waals surface area contributed by atoms with Crippen LogP contribution in [0.3, 0.4) is 0 Å². The SMILES string of the molecule is CCCOc1ccc(-c2cc3c(cc2OCC)[C@H](OC(N)=O)C(C)(C)C3)cc1. The van der Waals surface area contributed by atoms with Crippen LogP contribution in [0, 0.1) is 5.41 Å². The van der Waals surface area contributed by atoms with Crippen molar-refractivity contribution in [3.63, 3.8) is 0 Å². The molecule has 0 radical (unpaired) electrons. The van der Waals surface area contributed by atoms with Crippen LogP contribution < -0.4 is 15.2 Å². The third-order valence-corrected chi connectivity index (χ3v) is 5.05. The Bertz CT molecular complexity index is 842. The van der Waals surface area contributed by atoms with E-state index in [0.717, 1.165) is 46.6 Å². The Morgan fingerprint density at radius 1 is 1.14 bits per heavy atom. The molecule has 1 amide bonds. The predicted molar refractivity (Wildman–Crippen MR) is 110 cm³/mol. The molecule has 5 heteroatoms. The molecular formula is C23H29NO4. The molecule has 2 aromatic carbocycles. The highest BCUT2D eigenvalue weighted by molar-refractivity contribution is 5.74. The van der Waals surface area contributed by atoms with Crippen molar-refractivity contribution in [3.8, 4) is 22.6 Å². The van der Waals surface area contributed by atoms with Crippen molar-refractivity contribution in [2.75, 3.05) is 13.2 Å². The van der Waals surface area contributed by atoms with Crippen molar-refractivity contribution in [2.45, 2.75) is 46.6 Å². The van der Waals surface area contributed by atoms with Gasteiger partial charge < -0.3 is 19.9 Å². The Hall–Kier alpha value is -2.69. The van der Waals surface area contributed by atoms with E-state index < -0.39 is 6.09 Å². The molecule has 0 spiro atoms. The molecule has 28 heavy (non-hydrogen) atoms. The topological polar surface area (TPSA) is 70.8 Å². The Balaban J connectivity index is 2.00. The fourth-order valence-electron chi connectivity index (χ4n) is 3.83. The monoisotopic (exact) mass is 383 g/mol. The first-order chi connectivity index (χ1) is 13.4. The first-order valence-corrected chi connectivity index (χ1v) is 9.84. The van der Waals surface area contributed by atoms with Crippen LogP contribution in [0.1, 0.15) is 51.3 Å². The van der Waals surface area contributed by atoms with Gasteiger partial charge in [0, 0.05) is 11.0 Å². The maximum Gasteiger partial charge on any atom is 0.405 e. The van der Waals surface area contributed by atoms with Crippen LogP contribution in [0.4, 0.5) is 4.79 Å². The molecular weight excluding hydrogens is 354 g/mol. The standard InChI is InChI=1S/C23H29NO4/c1-5-11-27-17-9-7-15(8-10-17)18-12-16-14-23(3,4)21(28-22(24)25)19(16)13-20(18)26-6-2/h7-10,12-13,21H,5-6,11,14H2,1-4H3,(H2,24,25)/t21-/m0/s1. The lowest BCUT2D eigenvalue weighted by Gasteiger charge is -2.26. The lowest BCUT2D eigenvalue weighted by atomic mass is 9.87. The summed E-state index contributed by atoms with van der Waals surface area (Å²) in [5.74, 6) is 1.64. The molecule has 0 aliphatic heterocycles. The molecule has 1 atom stereocenters. The Kier molecular flexibility index (Phi) is 5.82. The highest BCUT2D eigenvalue weighted by Gasteiger charge is 2.42. The Morgan fingerprint density at radius 2 is 1.86 bits per heavy atom. The van der Waals surface area contributed by atoms with Gasteiger partial charge in [0.15, 0.2) is 0 Å². The van der Waals surface area contributed by atoms with Gasteiger partial charge in [0.2, 0.25) is 0 Å². The number of hydrogen-bond donors (Lipinski definition) is 1. The van der Waals surface area contributed by atoms with E-state index in [4.69, 9.17) is 19.9 Å². The number of primary amides is 1. The number of fused-ring (bicyclic) bond motifs is 1. The van der Waals surface area contributed by atoms with Crippen molar-refractivity contribution in [2.24, 2.45) is 11.1 Å². The van der Waals surface area contributed by atoms with E-state index in [-0.39, 0.29) is 11.5 Å². The summed E-state index contributed by atoms with van der Waals surface area (Å²) in [6.45, 7) is 9.47. The maximum atomic E-state index is 11.4. The summed E-state index contributed by atoms with van der Waals surface area (Å²) in [5, 5.41) is 0. The minimum absolute atomic E-state index is 0.225. The van der Waals surface area contributed by atoms with E-state index >= 15 is 0 Å². The van der Waals surface area contributed by atoms with Crippen LogP contribution in [0.2, 0.25) is 0 Å². The maximum absolute atomic E-state index is 11.4. The van der Waals surface area contributed by atoms with E-state index in [2.05, 4.69) is 26.8 Å². The molecule has 2 N–H and O–H groups in total. The second-order valence-electron chi connectivity index (χ2n) is 7.84. The minimum atomic E-state index is -0.754. The van der Waals surface area contributed by atoms with Crippen LogP contribution in [0.15, 0.2) is 36.4 Å². The smallest absolute Gasteiger partial charge is 0.405 e. The highest BCUT2D eigenvalue weighted by Crippen LogP contribution is 2.50. The van der Waals surface area contributed by atoms with E-state index in [1.54, 1.807) is 0 Å². The van der Waals surface area contributed by atoms with E-state index in [1.807, 2.05) is 37.3 Å². The quantitative estimate of drug-likeness (QED) is 0.708. The van der Waals surface area contributed by atoms with Gasteiger partial charge in [-0.15, -0.1) is 0 Å². The summed E-state index contributed by atoms with van der Waals surface area (Å²) in [4.78, 5) is 11.4. The molecule has 0 aromatic heterocycles. The number of rotatable bonds is 7. The zero-order valence-corrected chi connectivity index (χ0v) is 17.1. The average molecular weight is 383 g/mol. The normalized spacial score (nSPS) is 17.1. The van der Waals surface area contributed by atoms with E-state index in [0.29, 0.717) is 13.2 Å². The molecule has 0 saturated carbocycles. The summed E-state index contributed by atoms with van der Waals surface area (Å²) in [7, 11) is 0. The predicted octanol–water partition coefficient (Wildman–Crippen LogP) is 5.26. The molecule has 3 rings (SSSR count). The minimum Gasteiger partial charge on any atom is -0.494 e. The second-order valence-corrected chi connectivity index (χ2v) is 7.84. The molecule has 5 nitrogen and oxygen atoms in total. The molecule has 0 heterocycles. The number of hydrogen-bond acceptors (Lipinski definition) is 4. The van der Waals surface area contributed by atoms with Crippen LogP contribution in [-0.2, 0) is 11.2 Å². The largest absolute Gasteiger partial charge is 0.494 e. The van der Waals surface area contributed by atoms with Crippen molar-refractivity contribution >= 4 is 6.09 Å². The Labute approximate surface area is 166 Å². The number of carbonyl (C=O) groups excluding carboxylic acids is 1. The lowest BCUT2D eigenvalue weighted by molar-refractivity contribution is 0.0391. The summed E-state index contributed by atoms with van der Waals surface area (Å²) in [5.41, 5.74) is 9.30. The molecule has 0 saturated heterocycles. The summed E-state index contributed by atoms with van der Waals surface area (Å²) < 4.78 is 17.1. The van der Waals surface area contributed by atoms with Crippen molar-refractivity contribution in [1.82, 2.24) is 0 Å². The fraction of sp³-hybridized carbons (Fsp3) is 0.435. The molecule has 1 aliphatic rings. The van der Waals surface area contributed by atoms with Gasteiger partial charge in [0.25, 0.3) is 0 Å². The van der Waals surface area contributed by atoms with Gasteiger partial charge in [-0.05, 0) is 60.7 Å². The van der Waals surface area contributed by atoms with Crippen molar-refractivity contribution < 1.29 is 19.0 Å². The fourth-order valence-corrected chi connectivity index (χ4v) is 3.83. The number of amides is 1. The van der Waals surface area contributed by atoms with Gasteiger partial charge >= 0.3 is 6.09 Å². The average Bonchev–Trinajstić information content (AvgIpc) is 2.89. The summed E-state index contributed by atoms with van der Waals surface area (Å²) in [6.07, 6.45) is 0.650. The van der Waals surface area contributed by atoms with Crippen LogP contribution in [-0.4, -0.2) is 19.3 Å². The van der Waals surface area contributed by atoms with Crippen molar-refractivity contribution in [3.05, 3.63) is 47.5 Å². The highest BCUT2D eigenvalue weighted by atomic mass is 16.6. The van der Waals surface area contributed by atoms with E-state index in [1.165, 1.54) is 0 Å². The van der Waals surface area contributed by atoms with Crippen LogP contribution in [0.5, 0.6) is 11.5 Å². The number of benzene rings is 2. The van der Waals surface area contributed by atoms with Crippen LogP contribution in [0.25, 0.3) is 11.1 Å². The van der Waals surface area contributed by atoms with Gasteiger partial charge in [-0.1, -0.05) is 32.9 Å². The molecule has 0 bridgehead atoms. The van der Waals surface area contributed by atoms with Crippen molar-refractivity contribution in [1.29, 1.82) is 0 Å². The second kappa shape index (κ2) is 8.13. The first kappa shape index (κ1) is 20.1. The van der Waals surface area contributed by atoms with E-state index in [9.17, 15) is 4.79 Å². The van der Waals surface area contributed by atoms with Gasteiger partial charge in [-0.2, -0.15) is 0 Å². The molecule has 150 valence electrons. The number of ether oxygens (including phenoxy) is 3. The van der Waals surface area contributed by atoms with Gasteiger partial charge in [0.1, 0.15) is 17.6 Å². The molecule has 1 aliphatic carbocycles. The molecule has 0 unspecified atom stereocenters. The van der Waals surface area contributed by atoms with Gasteiger partial charge in [-0.25, -0.2) is 4.79 Å². The van der Waals surface area contributed by atoms with Gasteiger partial charge in [-0.3, -0.25) is 0 Å². The Morgan fingerprint density at radius 3 is 2.46 bits per heavy atom. The third kappa shape index (κ3) is 4.08.